The molecule has 0 atom stereocenters. The predicted octanol–water partition coefficient (Wildman–Crippen LogP) is 7.05. The molecule has 1 amide bonds. The molecule has 0 radical (unpaired) electrons. The lowest BCUT2D eigenvalue weighted by atomic mass is 9.96. The molecular weight excluding hydrogens is 660 g/mol. The minimum Gasteiger partial charge on any atom is -0.490 e. The first-order chi connectivity index (χ1) is 22.5. The van der Waals surface area contributed by atoms with Crippen LogP contribution in [0.2, 0.25) is 5.02 Å². The van der Waals surface area contributed by atoms with E-state index in [4.69, 9.17) is 30.8 Å². The van der Waals surface area contributed by atoms with Crippen molar-refractivity contribution >= 4 is 52.6 Å². The monoisotopic (exact) mass is 690 g/mol. The van der Waals surface area contributed by atoms with Gasteiger partial charge in [0, 0.05) is 34.3 Å². The fourth-order valence-corrected chi connectivity index (χ4v) is 6.07. The maximum atomic E-state index is 11.9. The van der Waals surface area contributed by atoms with Crippen LogP contribution in [0.4, 0.5) is 10.6 Å². The molecule has 0 saturated heterocycles. The van der Waals surface area contributed by atoms with Crippen molar-refractivity contribution in [1.29, 1.82) is 10.5 Å². The SMILES string of the molecule is CNc1nc(SCc2csc(-c3ccc(Cl)cc3)n2)c(C#N)c(-c2ccc(OCCOC(=O)CNC(=O)OC(C)(C)C)cc2)c1C#N. The van der Waals surface area contributed by atoms with Gasteiger partial charge in [0.05, 0.1) is 11.3 Å². The van der Waals surface area contributed by atoms with Crippen molar-refractivity contribution < 1.29 is 23.8 Å². The molecule has 47 heavy (non-hydrogen) atoms. The van der Waals surface area contributed by atoms with Gasteiger partial charge in [0.2, 0.25) is 0 Å². The number of nitrogens with zero attached hydrogens (tertiary/aromatic N) is 4. The molecule has 0 aliphatic heterocycles. The molecule has 2 heterocycles. The molecule has 14 heteroatoms. The van der Waals surface area contributed by atoms with Crippen LogP contribution in [0.25, 0.3) is 21.7 Å². The van der Waals surface area contributed by atoms with Gasteiger partial charge in [-0.15, -0.1) is 11.3 Å². The molecule has 0 fully saturated rings. The minimum absolute atomic E-state index is 0.0373. The number of carbonyl (C=O) groups is 2. The molecule has 0 spiro atoms. The molecule has 4 rings (SSSR count). The normalized spacial score (nSPS) is 10.8. The van der Waals surface area contributed by atoms with Gasteiger partial charge in [-0.25, -0.2) is 14.8 Å². The number of benzene rings is 2. The molecule has 0 aliphatic rings. The number of thioether (sulfide) groups is 1. The third kappa shape index (κ3) is 9.83. The third-order valence-electron chi connectivity index (χ3n) is 6.16. The lowest BCUT2D eigenvalue weighted by molar-refractivity contribution is -0.143. The van der Waals surface area contributed by atoms with E-state index in [1.165, 1.54) is 23.1 Å². The van der Waals surface area contributed by atoms with Gasteiger partial charge in [0.1, 0.15) is 64.7 Å². The Bertz CT molecular complexity index is 1810. The van der Waals surface area contributed by atoms with E-state index in [1.54, 1.807) is 52.1 Å². The number of hydrogen-bond acceptors (Lipinski definition) is 12. The number of ether oxygens (including phenoxy) is 3. The number of aromatic nitrogens is 2. The van der Waals surface area contributed by atoms with Crippen molar-refractivity contribution in [3.05, 3.63) is 75.8 Å². The van der Waals surface area contributed by atoms with Crippen LogP contribution in [-0.2, 0) is 20.0 Å². The van der Waals surface area contributed by atoms with Crippen molar-refractivity contribution in [2.45, 2.75) is 37.2 Å². The highest BCUT2D eigenvalue weighted by atomic mass is 35.5. The van der Waals surface area contributed by atoms with Crippen LogP contribution < -0.4 is 15.4 Å². The predicted molar refractivity (Wildman–Crippen MR) is 181 cm³/mol. The van der Waals surface area contributed by atoms with Gasteiger partial charge in [-0.2, -0.15) is 10.5 Å². The average molecular weight is 691 g/mol. The van der Waals surface area contributed by atoms with Gasteiger partial charge in [0.25, 0.3) is 0 Å². The molecule has 0 unspecified atom stereocenters. The van der Waals surface area contributed by atoms with Crippen molar-refractivity contribution in [2.75, 3.05) is 32.1 Å². The number of amides is 1. The molecule has 0 saturated carbocycles. The minimum atomic E-state index is -0.713. The average Bonchev–Trinajstić information content (AvgIpc) is 3.53. The van der Waals surface area contributed by atoms with Crippen LogP contribution in [-0.4, -0.2) is 54.4 Å². The Morgan fingerprint density at radius 2 is 1.66 bits per heavy atom. The Hall–Kier alpha value is -4.82. The second-order valence-corrected chi connectivity index (χ2v) is 13.0. The number of thiazole rings is 1. The highest BCUT2D eigenvalue weighted by Gasteiger charge is 2.22. The maximum Gasteiger partial charge on any atom is 0.408 e. The Morgan fingerprint density at radius 1 is 0.979 bits per heavy atom. The Balaban J connectivity index is 1.42. The quantitative estimate of drug-likeness (QED) is 0.0891. The Labute approximate surface area is 285 Å². The van der Waals surface area contributed by atoms with E-state index < -0.39 is 17.7 Å². The number of pyridine rings is 1. The molecular formula is C33H31ClN6O5S2. The number of hydrogen-bond donors (Lipinski definition) is 2. The summed E-state index contributed by atoms with van der Waals surface area (Å²) in [7, 11) is 1.67. The second-order valence-electron chi connectivity index (χ2n) is 10.8. The van der Waals surface area contributed by atoms with E-state index in [9.17, 15) is 20.1 Å². The van der Waals surface area contributed by atoms with E-state index in [2.05, 4.69) is 27.8 Å². The van der Waals surface area contributed by atoms with E-state index in [-0.39, 0.29) is 30.9 Å². The zero-order chi connectivity index (χ0) is 34.0. The number of nitriles is 2. The summed E-state index contributed by atoms with van der Waals surface area (Å²) < 4.78 is 15.9. The zero-order valence-electron chi connectivity index (χ0n) is 26.0. The van der Waals surface area contributed by atoms with E-state index >= 15 is 0 Å². The number of alkyl carbamates (subject to hydrolysis) is 1. The summed E-state index contributed by atoms with van der Waals surface area (Å²) in [6.07, 6.45) is -0.713. The molecule has 0 aliphatic carbocycles. The molecule has 4 aromatic rings. The van der Waals surface area contributed by atoms with Gasteiger partial charge < -0.3 is 24.8 Å². The Morgan fingerprint density at radius 3 is 2.30 bits per heavy atom. The van der Waals surface area contributed by atoms with Crippen molar-refractivity contribution in [3.63, 3.8) is 0 Å². The highest BCUT2D eigenvalue weighted by molar-refractivity contribution is 7.98. The summed E-state index contributed by atoms with van der Waals surface area (Å²) in [4.78, 5) is 32.9. The van der Waals surface area contributed by atoms with Crippen molar-refractivity contribution in [2.24, 2.45) is 0 Å². The van der Waals surface area contributed by atoms with Crippen molar-refractivity contribution in [1.82, 2.24) is 15.3 Å². The fourth-order valence-electron chi connectivity index (χ4n) is 4.13. The van der Waals surface area contributed by atoms with Gasteiger partial charge in [-0.1, -0.05) is 47.6 Å². The first kappa shape index (κ1) is 35.0. The number of esters is 1. The van der Waals surface area contributed by atoms with Crippen molar-refractivity contribution in [3.8, 4) is 39.6 Å². The maximum absolute atomic E-state index is 11.9. The lowest BCUT2D eigenvalue weighted by Crippen LogP contribution is -2.36. The first-order valence-corrected chi connectivity index (χ1v) is 16.5. The summed E-state index contributed by atoms with van der Waals surface area (Å²) in [5.74, 6) is 0.680. The number of halogens is 1. The van der Waals surface area contributed by atoms with Crippen LogP contribution in [0, 0.1) is 22.7 Å². The fraction of sp³-hybridized carbons (Fsp3) is 0.273. The molecule has 0 bridgehead atoms. The summed E-state index contributed by atoms with van der Waals surface area (Å²) in [6, 6.07) is 18.8. The largest absolute Gasteiger partial charge is 0.490 e. The smallest absolute Gasteiger partial charge is 0.408 e. The number of carbonyl (C=O) groups excluding carboxylic acids is 2. The van der Waals surface area contributed by atoms with Crippen LogP contribution >= 0.6 is 34.7 Å². The van der Waals surface area contributed by atoms with Crippen LogP contribution in [0.1, 0.15) is 37.6 Å². The molecule has 11 nitrogen and oxygen atoms in total. The van der Waals surface area contributed by atoms with E-state index in [1.807, 2.05) is 29.6 Å². The van der Waals surface area contributed by atoms with Crippen LogP contribution in [0.15, 0.2) is 58.9 Å². The number of nitrogens with one attached hydrogen (secondary N) is 2. The summed E-state index contributed by atoms with van der Waals surface area (Å²) in [5.41, 5.74) is 2.72. The van der Waals surface area contributed by atoms with Gasteiger partial charge in [-0.3, -0.25) is 4.79 Å². The second kappa shape index (κ2) is 16.1. The first-order valence-electron chi connectivity index (χ1n) is 14.3. The topological polar surface area (TPSA) is 159 Å². The number of anilines is 1. The van der Waals surface area contributed by atoms with Gasteiger partial charge in [-0.05, 0) is 50.6 Å². The standard InChI is InChI=1S/C33H31ClN6O5S2/c1-33(2,3)45-32(42)38-17-27(41)44-14-13-43-24-11-7-20(8-12-24)28-25(15-35)29(37-4)40-31(26(28)16-36)47-19-23-18-46-30(39-23)21-5-9-22(34)10-6-21/h5-12,18H,13-14,17,19H2,1-4H3,(H,37,40)(H,38,42). The molecule has 2 N–H and O–H groups in total. The molecule has 242 valence electrons. The summed E-state index contributed by atoms with van der Waals surface area (Å²) >= 11 is 8.89. The summed E-state index contributed by atoms with van der Waals surface area (Å²) in [5, 5.41) is 29.5. The Kier molecular flexibility index (Phi) is 12.0. The third-order valence-corrected chi connectivity index (χ3v) is 8.36. The van der Waals surface area contributed by atoms with E-state index in [0.717, 1.165) is 16.3 Å². The zero-order valence-corrected chi connectivity index (χ0v) is 28.4. The van der Waals surface area contributed by atoms with Crippen LogP contribution in [0.5, 0.6) is 5.75 Å². The number of rotatable bonds is 12. The molecule has 2 aromatic heterocycles. The summed E-state index contributed by atoms with van der Waals surface area (Å²) in [6.45, 7) is 4.86. The lowest BCUT2D eigenvalue weighted by Gasteiger charge is -2.19. The van der Waals surface area contributed by atoms with Gasteiger partial charge >= 0.3 is 12.1 Å². The van der Waals surface area contributed by atoms with Gasteiger partial charge in [0.15, 0.2) is 0 Å². The van der Waals surface area contributed by atoms with E-state index in [0.29, 0.717) is 38.5 Å². The van der Waals surface area contributed by atoms with Crippen LogP contribution in [0.3, 0.4) is 0 Å². The highest BCUT2D eigenvalue weighted by Crippen LogP contribution is 2.38. The molecule has 2 aromatic carbocycles.